The summed E-state index contributed by atoms with van der Waals surface area (Å²) in [7, 11) is 1.55. The summed E-state index contributed by atoms with van der Waals surface area (Å²) < 4.78 is 17.6. The highest BCUT2D eigenvalue weighted by Crippen LogP contribution is 2.61. The normalized spacial score (nSPS) is 28.2. The summed E-state index contributed by atoms with van der Waals surface area (Å²) in [5.74, 6) is -2.99. The average molecular weight is 677 g/mol. The van der Waals surface area contributed by atoms with Crippen molar-refractivity contribution in [2.75, 3.05) is 31.7 Å². The lowest BCUT2D eigenvalue weighted by molar-refractivity contribution is -0.159. The van der Waals surface area contributed by atoms with E-state index in [2.05, 4.69) is 34.4 Å². The monoisotopic (exact) mass is 675 g/mol. The number of nitrogens with one attached hydrogen (secondary N) is 1. The van der Waals surface area contributed by atoms with Crippen molar-refractivity contribution in [2.24, 2.45) is 11.8 Å². The molecule has 0 saturated carbocycles. The largest absolute Gasteiger partial charge is 0.497 e. The van der Waals surface area contributed by atoms with Gasteiger partial charge in [0.05, 0.1) is 44.2 Å². The highest BCUT2D eigenvalue weighted by atomic mass is 79.9. The molecule has 3 aliphatic rings. The number of carbonyl (C=O) groups excluding carboxylic acids is 4. The number of anilines is 1. The standard InChI is InChI=1S/C32H42BrN3O8/c1-6-9-10-24(38)34-17-19(4)43-31(41)25-26-29(39)36(20(8-3)18-37)28(32(26)16-23(33)27(25)44-32)30(40)35(15-7-2)21-11-13-22(42-5)14-12-21/h6-7,11-14,19-20,23,25-28,37H,1-2,8-10,15-18H2,3-5H3,(H,34,38)/t19-,20+,23?,25-,26+,27-,28-,32+/m1/s1. The quantitative estimate of drug-likeness (QED) is 0.165. The van der Waals surface area contributed by atoms with Crippen LogP contribution < -0.4 is 15.0 Å². The first kappa shape index (κ1) is 33.7. The van der Waals surface area contributed by atoms with E-state index in [0.717, 1.165) is 0 Å². The number of carbonyl (C=O) groups is 4. The van der Waals surface area contributed by atoms with Gasteiger partial charge in [-0.25, -0.2) is 0 Å². The Labute approximate surface area is 266 Å². The molecule has 3 amide bonds. The number of methoxy groups -OCH3 is 1. The predicted octanol–water partition coefficient (Wildman–Crippen LogP) is 2.75. The average Bonchev–Trinajstić information content (AvgIpc) is 3.61. The van der Waals surface area contributed by atoms with Gasteiger partial charge in [-0.05, 0) is 50.5 Å². The SMILES string of the molecule is C=CCCC(=O)NC[C@@H](C)OC(=O)[C@H]1[C@@H]2O[C@@]3(CC2Br)[C@@H]1C(=O)N([C@@H](CC)CO)[C@@H]3C(=O)N(CC=C)c1ccc(OC)cc1. The summed E-state index contributed by atoms with van der Waals surface area (Å²) in [5.41, 5.74) is -0.754. The second kappa shape index (κ2) is 14.3. The van der Waals surface area contributed by atoms with Gasteiger partial charge < -0.3 is 34.4 Å². The van der Waals surface area contributed by atoms with E-state index in [0.29, 0.717) is 30.7 Å². The van der Waals surface area contributed by atoms with Crippen LogP contribution in [0.1, 0.15) is 39.5 Å². The van der Waals surface area contributed by atoms with Crippen LogP contribution in [0.4, 0.5) is 5.69 Å². The van der Waals surface area contributed by atoms with Gasteiger partial charge in [0.1, 0.15) is 23.5 Å². The molecule has 0 radical (unpaired) electrons. The summed E-state index contributed by atoms with van der Waals surface area (Å²) in [6.07, 6.45) is 3.39. The Morgan fingerprint density at radius 2 is 1.98 bits per heavy atom. The van der Waals surface area contributed by atoms with Crippen LogP contribution in [0.2, 0.25) is 0 Å². The third kappa shape index (κ3) is 6.16. The number of esters is 1. The molecule has 11 nitrogen and oxygen atoms in total. The van der Waals surface area contributed by atoms with Crippen LogP contribution >= 0.6 is 15.9 Å². The highest BCUT2D eigenvalue weighted by molar-refractivity contribution is 9.09. The van der Waals surface area contributed by atoms with Crippen molar-refractivity contribution in [3.63, 3.8) is 0 Å². The molecule has 1 aromatic rings. The maximum absolute atomic E-state index is 14.6. The minimum atomic E-state index is -1.33. The van der Waals surface area contributed by atoms with E-state index in [-0.39, 0.29) is 36.9 Å². The first-order valence-corrected chi connectivity index (χ1v) is 15.9. The number of hydrogen-bond donors (Lipinski definition) is 2. The minimum Gasteiger partial charge on any atom is -0.497 e. The molecule has 3 aliphatic heterocycles. The molecular formula is C32H42BrN3O8. The summed E-state index contributed by atoms with van der Waals surface area (Å²) in [6.45, 7) is 10.8. The number of aliphatic hydroxyl groups is 1. The first-order chi connectivity index (χ1) is 21.1. The minimum absolute atomic E-state index is 0.107. The number of amides is 3. The molecule has 8 atom stereocenters. The number of fused-ring (bicyclic) bond motifs is 1. The van der Waals surface area contributed by atoms with Crippen LogP contribution in [0.15, 0.2) is 49.6 Å². The van der Waals surface area contributed by atoms with Crippen LogP contribution in [-0.2, 0) is 28.7 Å². The zero-order valence-corrected chi connectivity index (χ0v) is 27.0. The van der Waals surface area contributed by atoms with Crippen molar-refractivity contribution in [1.82, 2.24) is 10.2 Å². The number of halogens is 1. The number of ether oxygens (including phenoxy) is 3. The van der Waals surface area contributed by atoms with E-state index in [1.165, 1.54) is 9.80 Å². The van der Waals surface area contributed by atoms with Crippen molar-refractivity contribution in [2.45, 2.75) is 74.3 Å². The van der Waals surface area contributed by atoms with Crippen molar-refractivity contribution in [1.29, 1.82) is 0 Å². The van der Waals surface area contributed by atoms with Gasteiger partial charge in [-0.2, -0.15) is 0 Å². The summed E-state index contributed by atoms with van der Waals surface area (Å²) in [6, 6.07) is 5.19. The Balaban J connectivity index is 1.67. The highest BCUT2D eigenvalue weighted by Gasteiger charge is 2.77. The Morgan fingerprint density at radius 3 is 2.57 bits per heavy atom. The number of rotatable bonds is 15. The molecule has 12 heteroatoms. The van der Waals surface area contributed by atoms with Crippen LogP contribution in [0, 0.1) is 11.8 Å². The molecule has 1 aromatic carbocycles. The van der Waals surface area contributed by atoms with Crippen LogP contribution in [0.3, 0.4) is 0 Å². The van der Waals surface area contributed by atoms with Crippen molar-refractivity contribution in [3.05, 3.63) is 49.6 Å². The van der Waals surface area contributed by atoms with E-state index in [1.807, 2.05) is 6.92 Å². The molecule has 2 bridgehead atoms. The maximum Gasteiger partial charge on any atom is 0.312 e. The summed E-state index contributed by atoms with van der Waals surface area (Å²) in [4.78, 5) is 57.3. The van der Waals surface area contributed by atoms with Crippen LogP contribution in [0.25, 0.3) is 0 Å². The van der Waals surface area contributed by atoms with Gasteiger partial charge in [0.25, 0.3) is 5.91 Å². The number of nitrogens with zero attached hydrogens (tertiary/aromatic N) is 2. The molecule has 1 unspecified atom stereocenters. The smallest absolute Gasteiger partial charge is 0.312 e. The van der Waals surface area contributed by atoms with Gasteiger partial charge >= 0.3 is 5.97 Å². The Hall–Kier alpha value is -3.22. The van der Waals surface area contributed by atoms with Gasteiger partial charge in [0, 0.05) is 23.5 Å². The predicted molar refractivity (Wildman–Crippen MR) is 167 cm³/mol. The van der Waals surface area contributed by atoms with E-state index in [1.54, 1.807) is 50.5 Å². The lowest BCUT2D eigenvalue weighted by Crippen LogP contribution is -2.59. The molecule has 3 heterocycles. The fourth-order valence-electron chi connectivity index (χ4n) is 6.68. The molecule has 1 spiro atoms. The third-order valence-corrected chi connectivity index (χ3v) is 9.59. The van der Waals surface area contributed by atoms with Crippen molar-refractivity contribution < 1.29 is 38.5 Å². The lowest BCUT2D eigenvalue weighted by Gasteiger charge is -2.39. The molecule has 3 fully saturated rings. The second-order valence-corrected chi connectivity index (χ2v) is 12.6. The van der Waals surface area contributed by atoms with E-state index >= 15 is 0 Å². The number of allylic oxidation sites excluding steroid dienone is 1. The molecule has 4 rings (SSSR count). The zero-order valence-electron chi connectivity index (χ0n) is 25.4. The fraction of sp³-hybridized carbons (Fsp3) is 0.562. The molecule has 0 aromatic heterocycles. The lowest BCUT2D eigenvalue weighted by atomic mass is 9.70. The molecule has 2 N–H and O–H groups in total. The third-order valence-electron chi connectivity index (χ3n) is 8.75. The number of benzene rings is 1. The number of aliphatic hydroxyl groups excluding tert-OH is 1. The van der Waals surface area contributed by atoms with Gasteiger partial charge in [-0.15, -0.1) is 13.2 Å². The van der Waals surface area contributed by atoms with E-state index in [4.69, 9.17) is 14.2 Å². The Kier molecular flexibility index (Phi) is 10.9. The first-order valence-electron chi connectivity index (χ1n) is 15.0. The second-order valence-electron chi connectivity index (χ2n) is 11.5. The molecule has 0 aliphatic carbocycles. The van der Waals surface area contributed by atoms with Gasteiger partial charge in [0.2, 0.25) is 11.8 Å². The molecule has 3 saturated heterocycles. The zero-order chi connectivity index (χ0) is 32.2. The summed E-state index contributed by atoms with van der Waals surface area (Å²) >= 11 is 3.66. The van der Waals surface area contributed by atoms with E-state index in [9.17, 15) is 24.3 Å². The van der Waals surface area contributed by atoms with Gasteiger partial charge in [0.15, 0.2) is 0 Å². The van der Waals surface area contributed by atoms with Gasteiger partial charge in [-0.3, -0.25) is 19.2 Å². The number of hydrogen-bond acceptors (Lipinski definition) is 8. The van der Waals surface area contributed by atoms with Crippen LogP contribution in [-0.4, -0.2) is 95.2 Å². The Morgan fingerprint density at radius 1 is 1.27 bits per heavy atom. The molecular weight excluding hydrogens is 634 g/mol. The summed E-state index contributed by atoms with van der Waals surface area (Å²) in [5, 5.41) is 13.1. The van der Waals surface area contributed by atoms with Crippen molar-refractivity contribution >= 4 is 45.3 Å². The topological polar surface area (TPSA) is 135 Å². The Bertz CT molecular complexity index is 1250. The molecule has 44 heavy (non-hydrogen) atoms. The maximum atomic E-state index is 14.6. The molecule has 240 valence electrons. The van der Waals surface area contributed by atoms with Crippen molar-refractivity contribution in [3.8, 4) is 5.75 Å². The number of alkyl halides is 1. The fourth-order valence-corrected chi connectivity index (χ4v) is 7.63. The van der Waals surface area contributed by atoms with Gasteiger partial charge in [-0.1, -0.05) is 35.0 Å². The van der Waals surface area contributed by atoms with E-state index < -0.39 is 59.5 Å². The van der Waals surface area contributed by atoms with Crippen LogP contribution in [0.5, 0.6) is 5.75 Å². The number of likely N-dealkylation sites (tertiary alicyclic amines) is 1.